The van der Waals surface area contributed by atoms with Gasteiger partial charge < -0.3 is 10.6 Å². The summed E-state index contributed by atoms with van der Waals surface area (Å²) in [5, 5.41) is 0.758. The number of hydrogen-bond acceptors (Lipinski definition) is 5. The molecule has 0 bridgehead atoms. The minimum Gasteiger partial charge on any atom is -0.383 e. The topological polar surface area (TPSA) is 55.0 Å². The maximum Gasteiger partial charge on any atom is 0.191 e. The molecule has 5 heteroatoms. The number of nitrogens with zero attached hydrogens (tertiary/aromatic N) is 3. The zero-order valence-electron chi connectivity index (χ0n) is 11.4. The van der Waals surface area contributed by atoms with Crippen LogP contribution in [0.3, 0.4) is 0 Å². The highest BCUT2D eigenvalue weighted by Gasteiger charge is 2.28. The summed E-state index contributed by atoms with van der Waals surface area (Å²) in [5.41, 5.74) is 6.33. The Labute approximate surface area is 113 Å². The van der Waals surface area contributed by atoms with E-state index in [9.17, 15) is 0 Å². The Morgan fingerprint density at radius 3 is 2.61 bits per heavy atom. The highest BCUT2D eigenvalue weighted by atomic mass is 32.2. The van der Waals surface area contributed by atoms with Crippen molar-refractivity contribution in [1.29, 1.82) is 0 Å². The molecule has 1 aromatic rings. The molecular formula is C13H22N4S. The fourth-order valence-corrected chi connectivity index (χ4v) is 2.69. The molecule has 2 rings (SSSR count). The molecule has 1 saturated heterocycles. The van der Waals surface area contributed by atoms with Crippen molar-refractivity contribution in [2.75, 3.05) is 30.0 Å². The molecular weight excluding hydrogens is 244 g/mol. The SMILES string of the molecule is CCC1(C)CCN(c2cc(N)nc(SC)n2)CC1. The predicted molar refractivity (Wildman–Crippen MR) is 78.1 cm³/mol. The van der Waals surface area contributed by atoms with Gasteiger partial charge in [-0.2, -0.15) is 0 Å². The smallest absolute Gasteiger partial charge is 0.191 e. The lowest BCUT2D eigenvalue weighted by molar-refractivity contribution is 0.237. The monoisotopic (exact) mass is 266 g/mol. The first-order chi connectivity index (χ1) is 8.56. The third-order valence-electron chi connectivity index (χ3n) is 4.04. The molecule has 0 spiro atoms. The summed E-state index contributed by atoms with van der Waals surface area (Å²) >= 11 is 1.54. The fourth-order valence-electron chi connectivity index (χ4n) is 2.31. The normalized spacial score (nSPS) is 18.9. The second kappa shape index (κ2) is 5.34. The number of nitrogens with two attached hydrogens (primary N) is 1. The van der Waals surface area contributed by atoms with Crippen LogP contribution >= 0.6 is 11.8 Å². The van der Waals surface area contributed by atoms with Crippen LogP contribution < -0.4 is 10.6 Å². The molecule has 1 aromatic heterocycles. The van der Waals surface area contributed by atoms with Gasteiger partial charge in [0.25, 0.3) is 0 Å². The quantitative estimate of drug-likeness (QED) is 0.673. The lowest BCUT2D eigenvalue weighted by Crippen LogP contribution is -2.39. The number of hydrogen-bond donors (Lipinski definition) is 1. The number of rotatable bonds is 3. The van der Waals surface area contributed by atoms with E-state index < -0.39 is 0 Å². The van der Waals surface area contributed by atoms with Crippen LogP contribution in [-0.2, 0) is 0 Å². The van der Waals surface area contributed by atoms with E-state index >= 15 is 0 Å². The van der Waals surface area contributed by atoms with Gasteiger partial charge >= 0.3 is 0 Å². The molecule has 0 atom stereocenters. The van der Waals surface area contributed by atoms with Gasteiger partial charge in [0.2, 0.25) is 0 Å². The molecule has 1 fully saturated rings. The molecule has 100 valence electrons. The summed E-state index contributed by atoms with van der Waals surface area (Å²) in [6.07, 6.45) is 5.68. The van der Waals surface area contributed by atoms with E-state index in [0.717, 1.165) is 24.1 Å². The molecule has 1 aliphatic rings. The average Bonchev–Trinajstić information content (AvgIpc) is 2.39. The molecule has 0 radical (unpaired) electrons. The standard InChI is InChI=1S/C13H22N4S/c1-4-13(2)5-7-17(8-6-13)11-9-10(14)15-12(16-11)18-3/h9H,4-8H2,1-3H3,(H2,14,15,16). The molecule has 2 N–H and O–H groups in total. The van der Waals surface area contributed by atoms with E-state index in [-0.39, 0.29) is 0 Å². The highest BCUT2D eigenvalue weighted by Crippen LogP contribution is 2.35. The number of nitrogen functional groups attached to an aromatic ring is 1. The van der Waals surface area contributed by atoms with Crippen molar-refractivity contribution in [2.24, 2.45) is 5.41 Å². The van der Waals surface area contributed by atoms with Gasteiger partial charge in [0.05, 0.1) is 0 Å². The Hall–Kier alpha value is -0.970. The lowest BCUT2D eigenvalue weighted by Gasteiger charge is -2.39. The highest BCUT2D eigenvalue weighted by molar-refractivity contribution is 7.98. The number of thioether (sulfide) groups is 1. The number of aromatic nitrogens is 2. The molecule has 2 heterocycles. The molecule has 18 heavy (non-hydrogen) atoms. The lowest BCUT2D eigenvalue weighted by atomic mass is 9.78. The van der Waals surface area contributed by atoms with Crippen LogP contribution in [0.1, 0.15) is 33.1 Å². The van der Waals surface area contributed by atoms with Crippen molar-refractivity contribution < 1.29 is 0 Å². The Kier molecular flexibility index (Phi) is 4.00. The average molecular weight is 266 g/mol. The Bertz CT molecular complexity index is 413. The first-order valence-electron chi connectivity index (χ1n) is 6.50. The summed E-state index contributed by atoms with van der Waals surface area (Å²) < 4.78 is 0. The minimum atomic E-state index is 0.497. The second-order valence-electron chi connectivity index (χ2n) is 5.29. The van der Waals surface area contributed by atoms with Crippen LogP contribution in [0, 0.1) is 5.41 Å². The van der Waals surface area contributed by atoms with Crippen LogP contribution in [0.5, 0.6) is 0 Å². The van der Waals surface area contributed by atoms with Crippen molar-refractivity contribution >= 4 is 23.4 Å². The zero-order valence-corrected chi connectivity index (χ0v) is 12.3. The minimum absolute atomic E-state index is 0.497. The maximum atomic E-state index is 5.83. The van der Waals surface area contributed by atoms with Crippen molar-refractivity contribution in [3.8, 4) is 0 Å². The van der Waals surface area contributed by atoms with Crippen LogP contribution in [0.2, 0.25) is 0 Å². The van der Waals surface area contributed by atoms with Crippen LogP contribution in [-0.4, -0.2) is 29.3 Å². The second-order valence-corrected chi connectivity index (χ2v) is 6.06. The maximum absolute atomic E-state index is 5.83. The van der Waals surface area contributed by atoms with Gasteiger partial charge in [-0.05, 0) is 24.5 Å². The van der Waals surface area contributed by atoms with E-state index in [1.165, 1.54) is 31.0 Å². The van der Waals surface area contributed by atoms with Crippen molar-refractivity contribution in [3.05, 3.63) is 6.07 Å². The van der Waals surface area contributed by atoms with E-state index in [2.05, 4.69) is 28.7 Å². The first-order valence-corrected chi connectivity index (χ1v) is 7.72. The van der Waals surface area contributed by atoms with Gasteiger partial charge in [0.1, 0.15) is 11.6 Å². The molecule has 0 aromatic carbocycles. The summed E-state index contributed by atoms with van der Waals surface area (Å²) in [6.45, 7) is 6.79. The Morgan fingerprint density at radius 2 is 2.06 bits per heavy atom. The summed E-state index contributed by atoms with van der Waals surface area (Å²) in [7, 11) is 0. The summed E-state index contributed by atoms with van der Waals surface area (Å²) in [6, 6.07) is 1.88. The van der Waals surface area contributed by atoms with Gasteiger partial charge in [-0.1, -0.05) is 32.0 Å². The van der Waals surface area contributed by atoms with E-state index in [1.807, 2.05) is 12.3 Å². The van der Waals surface area contributed by atoms with E-state index in [0.29, 0.717) is 11.2 Å². The molecule has 1 aliphatic heterocycles. The van der Waals surface area contributed by atoms with E-state index in [4.69, 9.17) is 5.73 Å². The molecule has 0 amide bonds. The number of anilines is 2. The van der Waals surface area contributed by atoms with Gasteiger partial charge in [-0.25, -0.2) is 9.97 Å². The van der Waals surface area contributed by atoms with Crippen molar-refractivity contribution in [1.82, 2.24) is 9.97 Å². The third kappa shape index (κ3) is 2.88. The largest absolute Gasteiger partial charge is 0.383 e. The summed E-state index contributed by atoms with van der Waals surface area (Å²) in [5.74, 6) is 1.54. The van der Waals surface area contributed by atoms with Crippen molar-refractivity contribution in [3.63, 3.8) is 0 Å². The summed E-state index contributed by atoms with van der Waals surface area (Å²) in [4.78, 5) is 11.1. The molecule has 0 aliphatic carbocycles. The van der Waals surface area contributed by atoms with Gasteiger partial charge in [0.15, 0.2) is 5.16 Å². The zero-order chi connectivity index (χ0) is 13.2. The van der Waals surface area contributed by atoms with Crippen molar-refractivity contribution in [2.45, 2.75) is 38.3 Å². The first kappa shape index (κ1) is 13.5. The Morgan fingerprint density at radius 1 is 1.39 bits per heavy atom. The fraction of sp³-hybridized carbons (Fsp3) is 0.692. The van der Waals surface area contributed by atoms with Gasteiger partial charge in [0, 0.05) is 19.2 Å². The molecule has 0 saturated carbocycles. The predicted octanol–water partition coefficient (Wildman–Crippen LogP) is 2.80. The van der Waals surface area contributed by atoms with Crippen LogP contribution in [0.4, 0.5) is 11.6 Å². The Balaban J connectivity index is 2.12. The molecule has 0 unspecified atom stereocenters. The third-order valence-corrected chi connectivity index (χ3v) is 4.59. The van der Waals surface area contributed by atoms with Crippen LogP contribution in [0.15, 0.2) is 11.2 Å². The molecule has 4 nitrogen and oxygen atoms in total. The van der Waals surface area contributed by atoms with Gasteiger partial charge in [-0.3, -0.25) is 0 Å². The van der Waals surface area contributed by atoms with E-state index in [1.54, 1.807) is 0 Å². The number of piperidine rings is 1. The van der Waals surface area contributed by atoms with Crippen LogP contribution in [0.25, 0.3) is 0 Å². The van der Waals surface area contributed by atoms with Gasteiger partial charge in [-0.15, -0.1) is 0 Å².